The van der Waals surface area contributed by atoms with Crippen molar-refractivity contribution < 1.29 is 0 Å². The Morgan fingerprint density at radius 1 is 1.08 bits per heavy atom. The molecule has 0 saturated heterocycles. The molecule has 0 unspecified atom stereocenters. The van der Waals surface area contributed by atoms with Gasteiger partial charge in [-0.25, -0.2) is 0 Å². The number of benzene rings is 1. The standard InChI is InChI=1S/C17H15Cl2N5/c1-11-9-13(10-20-22-17-8-7-16(19)21-23-17)12(2)24(11)15-6-4-3-5-14(15)18/h3-10H,1-2H3,(H,22,23)/b20-10-. The summed E-state index contributed by atoms with van der Waals surface area (Å²) in [5, 5.41) is 12.9. The maximum Gasteiger partial charge on any atom is 0.168 e. The summed E-state index contributed by atoms with van der Waals surface area (Å²) in [4.78, 5) is 0. The molecule has 3 aromatic rings. The fourth-order valence-corrected chi connectivity index (χ4v) is 2.79. The summed E-state index contributed by atoms with van der Waals surface area (Å²) in [5.41, 5.74) is 6.89. The van der Waals surface area contributed by atoms with Crippen molar-refractivity contribution in [2.24, 2.45) is 5.10 Å². The van der Waals surface area contributed by atoms with E-state index in [0.717, 1.165) is 22.6 Å². The Labute approximate surface area is 149 Å². The number of para-hydroxylation sites is 1. The van der Waals surface area contributed by atoms with Crippen LogP contribution in [0.15, 0.2) is 47.6 Å². The number of halogens is 2. The van der Waals surface area contributed by atoms with E-state index in [2.05, 4.69) is 31.4 Å². The second kappa shape index (κ2) is 7.03. The van der Waals surface area contributed by atoms with Crippen molar-refractivity contribution in [2.45, 2.75) is 13.8 Å². The smallest absolute Gasteiger partial charge is 0.168 e. The van der Waals surface area contributed by atoms with Gasteiger partial charge in [-0.2, -0.15) is 5.10 Å². The molecule has 0 aliphatic rings. The molecule has 122 valence electrons. The van der Waals surface area contributed by atoms with Gasteiger partial charge in [0.1, 0.15) is 0 Å². The summed E-state index contributed by atoms with van der Waals surface area (Å²) < 4.78 is 2.10. The van der Waals surface area contributed by atoms with Crippen molar-refractivity contribution in [2.75, 3.05) is 5.43 Å². The first-order chi connectivity index (χ1) is 11.6. The fraction of sp³-hybridized carbons (Fsp3) is 0.118. The lowest BCUT2D eigenvalue weighted by molar-refractivity contribution is 0.965. The molecule has 0 aliphatic heterocycles. The lowest BCUT2D eigenvalue weighted by Crippen LogP contribution is -2.00. The highest BCUT2D eigenvalue weighted by Crippen LogP contribution is 2.25. The monoisotopic (exact) mass is 359 g/mol. The second-order valence-corrected chi connectivity index (χ2v) is 6.02. The predicted octanol–water partition coefficient (Wildman–Crippen LogP) is 4.64. The molecule has 0 spiro atoms. The lowest BCUT2D eigenvalue weighted by Gasteiger charge is -2.11. The molecule has 0 amide bonds. The number of rotatable bonds is 4. The van der Waals surface area contributed by atoms with Gasteiger partial charge in [0.15, 0.2) is 11.0 Å². The molecule has 0 aliphatic carbocycles. The maximum absolute atomic E-state index is 6.32. The van der Waals surface area contributed by atoms with Gasteiger partial charge in [0, 0.05) is 17.0 Å². The van der Waals surface area contributed by atoms with Crippen molar-refractivity contribution in [3.8, 4) is 5.69 Å². The summed E-state index contributed by atoms with van der Waals surface area (Å²) in [6.07, 6.45) is 1.74. The molecule has 0 fully saturated rings. The third-order valence-electron chi connectivity index (χ3n) is 3.58. The number of aromatic nitrogens is 3. The van der Waals surface area contributed by atoms with Crippen LogP contribution in [0.5, 0.6) is 0 Å². The van der Waals surface area contributed by atoms with Gasteiger partial charge in [-0.3, -0.25) is 5.43 Å². The van der Waals surface area contributed by atoms with Gasteiger partial charge in [-0.1, -0.05) is 35.3 Å². The van der Waals surface area contributed by atoms with E-state index in [1.807, 2.05) is 38.1 Å². The minimum Gasteiger partial charge on any atom is -0.316 e. The first-order valence-corrected chi connectivity index (χ1v) is 8.04. The average Bonchev–Trinajstić information content (AvgIpc) is 2.84. The average molecular weight is 360 g/mol. The summed E-state index contributed by atoms with van der Waals surface area (Å²) in [6, 6.07) is 13.2. The molecule has 3 rings (SSSR count). The maximum atomic E-state index is 6.32. The van der Waals surface area contributed by atoms with Crippen LogP contribution in [-0.4, -0.2) is 21.0 Å². The van der Waals surface area contributed by atoms with E-state index in [1.54, 1.807) is 18.3 Å². The number of hydrogen-bond acceptors (Lipinski definition) is 4. The van der Waals surface area contributed by atoms with Gasteiger partial charge in [0.05, 0.1) is 16.9 Å². The first kappa shape index (κ1) is 16.5. The number of aryl methyl sites for hydroxylation is 1. The van der Waals surface area contributed by atoms with Crippen LogP contribution >= 0.6 is 23.2 Å². The number of nitrogens with zero attached hydrogens (tertiary/aromatic N) is 4. The van der Waals surface area contributed by atoms with Crippen LogP contribution in [0.25, 0.3) is 5.69 Å². The molecular formula is C17H15Cl2N5. The highest BCUT2D eigenvalue weighted by Gasteiger charge is 2.11. The van der Waals surface area contributed by atoms with Crippen molar-refractivity contribution in [3.63, 3.8) is 0 Å². The van der Waals surface area contributed by atoms with E-state index in [9.17, 15) is 0 Å². The normalized spacial score (nSPS) is 11.2. The van der Waals surface area contributed by atoms with Crippen LogP contribution < -0.4 is 5.43 Å². The molecule has 5 nitrogen and oxygen atoms in total. The first-order valence-electron chi connectivity index (χ1n) is 7.28. The van der Waals surface area contributed by atoms with E-state index in [-0.39, 0.29) is 0 Å². The van der Waals surface area contributed by atoms with Crippen LogP contribution in [0.3, 0.4) is 0 Å². The van der Waals surface area contributed by atoms with Crippen LogP contribution in [0.2, 0.25) is 10.2 Å². The SMILES string of the molecule is Cc1cc(/C=N\Nc2ccc(Cl)nn2)c(C)n1-c1ccccc1Cl. The molecule has 24 heavy (non-hydrogen) atoms. The zero-order valence-electron chi connectivity index (χ0n) is 13.2. The minimum absolute atomic E-state index is 0.341. The molecular weight excluding hydrogens is 345 g/mol. The fourth-order valence-electron chi connectivity index (χ4n) is 2.47. The largest absolute Gasteiger partial charge is 0.316 e. The Morgan fingerprint density at radius 3 is 2.58 bits per heavy atom. The summed E-state index contributed by atoms with van der Waals surface area (Å²) >= 11 is 12.0. The Morgan fingerprint density at radius 2 is 1.88 bits per heavy atom. The van der Waals surface area contributed by atoms with Gasteiger partial charge in [-0.15, -0.1) is 10.2 Å². The molecule has 0 atom stereocenters. The van der Waals surface area contributed by atoms with Crippen molar-refractivity contribution in [1.29, 1.82) is 0 Å². The second-order valence-electron chi connectivity index (χ2n) is 5.22. The summed E-state index contributed by atoms with van der Waals surface area (Å²) in [7, 11) is 0. The topological polar surface area (TPSA) is 55.1 Å². The van der Waals surface area contributed by atoms with Crippen LogP contribution in [0.4, 0.5) is 5.82 Å². The molecule has 0 radical (unpaired) electrons. The third kappa shape index (κ3) is 3.42. The van der Waals surface area contributed by atoms with E-state index < -0.39 is 0 Å². The van der Waals surface area contributed by atoms with E-state index in [0.29, 0.717) is 16.0 Å². The third-order valence-corrected chi connectivity index (χ3v) is 4.10. The van der Waals surface area contributed by atoms with Crippen molar-refractivity contribution >= 4 is 35.2 Å². The van der Waals surface area contributed by atoms with Crippen LogP contribution in [-0.2, 0) is 0 Å². The summed E-state index contributed by atoms with van der Waals surface area (Å²) in [6.45, 7) is 4.06. The zero-order valence-corrected chi connectivity index (χ0v) is 14.7. The van der Waals surface area contributed by atoms with Gasteiger partial charge >= 0.3 is 0 Å². The molecule has 2 aromatic heterocycles. The van der Waals surface area contributed by atoms with Crippen LogP contribution in [0, 0.1) is 13.8 Å². The van der Waals surface area contributed by atoms with Crippen molar-refractivity contribution in [1.82, 2.24) is 14.8 Å². The molecule has 0 bridgehead atoms. The quantitative estimate of drug-likeness (QED) is 0.545. The van der Waals surface area contributed by atoms with E-state index >= 15 is 0 Å². The number of anilines is 1. The van der Waals surface area contributed by atoms with Gasteiger partial charge in [-0.05, 0) is 44.2 Å². The molecule has 2 heterocycles. The zero-order chi connectivity index (χ0) is 17.1. The van der Waals surface area contributed by atoms with Gasteiger partial charge in [0.25, 0.3) is 0 Å². The number of hydrogen-bond donors (Lipinski definition) is 1. The highest BCUT2D eigenvalue weighted by molar-refractivity contribution is 6.32. The Hall–Kier alpha value is -2.37. The minimum atomic E-state index is 0.341. The molecule has 1 N–H and O–H groups in total. The van der Waals surface area contributed by atoms with Crippen LogP contribution in [0.1, 0.15) is 17.0 Å². The Bertz CT molecular complexity index is 884. The Balaban J connectivity index is 1.85. The number of hydrazone groups is 1. The lowest BCUT2D eigenvalue weighted by atomic mass is 10.2. The van der Waals surface area contributed by atoms with Gasteiger partial charge in [0.2, 0.25) is 0 Å². The van der Waals surface area contributed by atoms with Gasteiger partial charge < -0.3 is 4.57 Å². The highest BCUT2D eigenvalue weighted by atomic mass is 35.5. The molecule has 0 saturated carbocycles. The number of nitrogens with one attached hydrogen (secondary N) is 1. The van der Waals surface area contributed by atoms with E-state index in [4.69, 9.17) is 23.2 Å². The van der Waals surface area contributed by atoms with Crippen molar-refractivity contribution in [3.05, 3.63) is 69.6 Å². The Kier molecular flexibility index (Phi) is 4.83. The summed E-state index contributed by atoms with van der Waals surface area (Å²) in [5.74, 6) is 0.524. The predicted molar refractivity (Wildman–Crippen MR) is 98.5 cm³/mol. The van der Waals surface area contributed by atoms with E-state index in [1.165, 1.54) is 0 Å². The molecule has 7 heteroatoms. The molecule has 1 aromatic carbocycles.